The zero-order valence-corrected chi connectivity index (χ0v) is 11.5. The molecule has 1 N–H and O–H groups in total. The summed E-state index contributed by atoms with van der Waals surface area (Å²) in [5.74, 6) is 1.22. The summed E-state index contributed by atoms with van der Waals surface area (Å²) in [6, 6.07) is 13.1. The first-order valence-corrected chi connectivity index (χ1v) is 7.05. The number of hydrogen-bond acceptors (Lipinski definition) is 3. The monoisotopic (exact) mass is 280 g/mol. The van der Waals surface area contributed by atoms with Crippen LogP contribution in [-0.2, 0) is 6.61 Å². The van der Waals surface area contributed by atoms with Gasteiger partial charge in [0.25, 0.3) is 0 Å². The summed E-state index contributed by atoms with van der Waals surface area (Å²) in [5.41, 5.74) is 0.677. The van der Waals surface area contributed by atoms with E-state index in [1.165, 1.54) is 4.90 Å². The van der Waals surface area contributed by atoms with Crippen molar-refractivity contribution in [1.29, 1.82) is 0 Å². The van der Waals surface area contributed by atoms with Crippen LogP contribution < -0.4 is 4.74 Å². The van der Waals surface area contributed by atoms with Crippen molar-refractivity contribution in [3.05, 3.63) is 53.1 Å². The maximum atomic E-state index is 9.26. The Balaban J connectivity index is 2.27. The van der Waals surface area contributed by atoms with Gasteiger partial charge in [0.2, 0.25) is 0 Å². The fourth-order valence-corrected chi connectivity index (χ4v) is 2.19. The van der Waals surface area contributed by atoms with Crippen molar-refractivity contribution in [2.75, 3.05) is 6.26 Å². The van der Waals surface area contributed by atoms with E-state index in [9.17, 15) is 5.11 Å². The fraction of sp³-hybridized carbons (Fsp3) is 0.143. The quantitative estimate of drug-likeness (QED) is 0.845. The van der Waals surface area contributed by atoms with Crippen LogP contribution in [0.25, 0.3) is 0 Å². The van der Waals surface area contributed by atoms with E-state index in [1.807, 2.05) is 30.5 Å². The Morgan fingerprint density at radius 2 is 1.89 bits per heavy atom. The summed E-state index contributed by atoms with van der Waals surface area (Å²) < 4.78 is 5.73. The lowest BCUT2D eigenvalue weighted by Gasteiger charge is -2.11. The van der Waals surface area contributed by atoms with Crippen LogP contribution in [-0.4, -0.2) is 11.4 Å². The number of benzene rings is 2. The second-order valence-corrected chi connectivity index (χ2v) is 4.95. The Morgan fingerprint density at radius 1 is 1.17 bits per heavy atom. The number of aliphatic hydroxyl groups is 1. The van der Waals surface area contributed by atoms with E-state index in [4.69, 9.17) is 16.3 Å². The molecule has 0 saturated carbocycles. The minimum Gasteiger partial charge on any atom is -0.455 e. The lowest BCUT2D eigenvalue weighted by atomic mass is 10.2. The molecule has 0 atom stereocenters. The third-order valence-electron chi connectivity index (χ3n) is 2.50. The molecule has 0 aliphatic carbocycles. The third kappa shape index (κ3) is 2.99. The van der Waals surface area contributed by atoms with Gasteiger partial charge in [0.15, 0.2) is 5.75 Å². The van der Waals surface area contributed by atoms with Crippen molar-refractivity contribution in [3.8, 4) is 11.5 Å². The number of hydrogen-bond donors (Lipinski definition) is 1. The second kappa shape index (κ2) is 6.14. The molecule has 0 radical (unpaired) electrons. The zero-order valence-electron chi connectivity index (χ0n) is 9.89. The highest BCUT2D eigenvalue weighted by molar-refractivity contribution is 7.98. The molecule has 0 fully saturated rings. The van der Waals surface area contributed by atoms with E-state index in [0.717, 1.165) is 0 Å². The Bertz CT molecular complexity index is 526. The van der Waals surface area contributed by atoms with Gasteiger partial charge in [0.1, 0.15) is 5.75 Å². The van der Waals surface area contributed by atoms with Gasteiger partial charge in [-0.15, -0.1) is 11.8 Å². The molecular weight excluding hydrogens is 268 g/mol. The minimum atomic E-state index is -0.0984. The van der Waals surface area contributed by atoms with Gasteiger partial charge in [-0.1, -0.05) is 23.7 Å². The Labute approximate surface area is 116 Å². The van der Waals surface area contributed by atoms with Gasteiger partial charge >= 0.3 is 0 Å². The molecule has 0 unspecified atom stereocenters. The smallest absolute Gasteiger partial charge is 0.151 e. The zero-order chi connectivity index (χ0) is 13.0. The molecule has 2 nitrogen and oxygen atoms in total. The maximum Gasteiger partial charge on any atom is 0.151 e. The predicted octanol–water partition coefficient (Wildman–Crippen LogP) is 4.35. The largest absolute Gasteiger partial charge is 0.455 e. The van der Waals surface area contributed by atoms with E-state index in [2.05, 4.69) is 0 Å². The number of halogens is 1. The molecule has 0 aliphatic rings. The van der Waals surface area contributed by atoms with Gasteiger partial charge in [-0.05, 0) is 36.6 Å². The van der Waals surface area contributed by atoms with Gasteiger partial charge in [0, 0.05) is 10.5 Å². The maximum absolute atomic E-state index is 9.26. The van der Waals surface area contributed by atoms with Gasteiger partial charge < -0.3 is 9.84 Å². The average Bonchev–Trinajstić information content (AvgIpc) is 2.42. The van der Waals surface area contributed by atoms with Crippen LogP contribution in [0.1, 0.15) is 5.56 Å². The number of ether oxygens (including phenoxy) is 1. The van der Waals surface area contributed by atoms with E-state index in [1.54, 1.807) is 30.0 Å². The van der Waals surface area contributed by atoms with E-state index in [-0.39, 0.29) is 6.61 Å². The highest BCUT2D eigenvalue weighted by Crippen LogP contribution is 2.33. The van der Waals surface area contributed by atoms with Crippen molar-refractivity contribution in [3.63, 3.8) is 0 Å². The van der Waals surface area contributed by atoms with Crippen LogP contribution in [0.4, 0.5) is 0 Å². The van der Waals surface area contributed by atoms with Crippen LogP contribution in [0.15, 0.2) is 47.4 Å². The van der Waals surface area contributed by atoms with Crippen LogP contribution in [0, 0.1) is 0 Å². The third-order valence-corrected chi connectivity index (χ3v) is 3.54. The van der Waals surface area contributed by atoms with Gasteiger partial charge in [-0.3, -0.25) is 0 Å². The molecule has 18 heavy (non-hydrogen) atoms. The van der Waals surface area contributed by atoms with Gasteiger partial charge in [-0.25, -0.2) is 0 Å². The molecular formula is C14H13ClO2S. The Hall–Kier alpha value is -1.16. The molecule has 0 aromatic heterocycles. The number of rotatable bonds is 4. The van der Waals surface area contributed by atoms with Crippen molar-refractivity contribution in [2.24, 2.45) is 0 Å². The Kier molecular flexibility index (Phi) is 4.53. The molecule has 0 heterocycles. The molecule has 94 valence electrons. The van der Waals surface area contributed by atoms with Crippen LogP contribution in [0.3, 0.4) is 0 Å². The summed E-state index contributed by atoms with van der Waals surface area (Å²) in [4.78, 5) is 1.17. The predicted molar refractivity (Wildman–Crippen MR) is 75.7 cm³/mol. The van der Waals surface area contributed by atoms with Gasteiger partial charge in [0.05, 0.1) is 11.6 Å². The summed E-state index contributed by atoms with van der Waals surface area (Å²) in [6.45, 7) is -0.0984. The SMILES string of the molecule is CSc1ccc(Oc2c(Cl)cccc2CO)cc1. The van der Waals surface area contributed by atoms with E-state index in [0.29, 0.717) is 22.1 Å². The molecule has 0 aliphatic heterocycles. The summed E-state index contributed by atoms with van der Waals surface area (Å²) in [7, 11) is 0. The molecule has 2 rings (SSSR count). The first kappa shape index (κ1) is 13.3. The molecule has 0 spiro atoms. The first-order valence-electron chi connectivity index (χ1n) is 5.44. The molecule has 0 saturated heterocycles. The number of para-hydroxylation sites is 1. The lowest BCUT2D eigenvalue weighted by molar-refractivity contribution is 0.276. The number of thioether (sulfide) groups is 1. The highest BCUT2D eigenvalue weighted by Gasteiger charge is 2.08. The van der Waals surface area contributed by atoms with E-state index < -0.39 is 0 Å². The molecule has 0 bridgehead atoms. The molecule has 0 amide bonds. The second-order valence-electron chi connectivity index (χ2n) is 3.66. The van der Waals surface area contributed by atoms with Crippen molar-refractivity contribution in [2.45, 2.75) is 11.5 Å². The van der Waals surface area contributed by atoms with Crippen molar-refractivity contribution in [1.82, 2.24) is 0 Å². The topological polar surface area (TPSA) is 29.5 Å². The van der Waals surface area contributed by atoms with E-state index >= 15 is 0 Å². The number of aliphatic hydroxyl groups excluding tert-OH is 1. The van der Waals surface area contributed by atoms with Crippen molar-refractivity contribution >= 4 is 23.4 Å². The van der Waals surface area contributed by atoms with Gasteiger partial charge in [-0.2, -0.15) is 0 Å². The van der Waals surface area contributed by atoms with Crippen molar-refractivity contribution < 1.29 is 9.84 Å². The fourth-order valence-electron chi connectivity index (χ4n) is 1.55. The van der Waals surface area contributed by atoms with Crippen LogP contribution >= 0.6 is 23.4 Å². The highest BCUT2D eigenvalue weighted by atomic mass is 35.5. The summed E-state index contributed by atoms with van der Waals surface area (Å²) in [5, 5.41) is 9.76. The standard InChI is InChI=1S/C14H13ClO2S/c1-18-12-7-5-11(6-8-12)17-14-10(9-16)3-2-4-13(14)15/h2-8,16H,9H2,1H3. The average molecular weight is 281 g/mol. The summed E-state index contributed by atoms with van der Waals surface area (Å²) >= 11 is 7.75. The molecule has 4 heteroatoms. The normalized spacial score (nSPS) is 10.4. The molecule has 2 aromatic rings. The summed E-state index contributed by atoms with van der Waals surface area (Å²) in [6.07, 6.45) is 2.02. The van der Waals surface area contributed by atoms with Crippen LogP contribution in [0.5, 0.6) is 11.5 Å². The minimum absolute atomic E-state index is 0.0984. The lowest BCUT2D eigenvalue weighted by Crippen LogP contribution is -1.92. The Morgan fingerprint density at radius 3 is 2.50 bits per heavy atom. The first-order chi connectivity index (χ1) is 8.74. The molecule has 2 aromatic carbocycles. The van der Waals surface area contributed by atoms with Crippen LogP contribution in [0.2, 0.25) is 5.02 Å².